The normalized spacial score (nSPS) is 12.5. The monoisotopic (exact) mass is 317 g/mol. The molecule has 0 spiro atoms. The highest BCUT2D eigenvalue weighted by Crippen LogP contribution is 2.19. The third-order valence-electron chi connectivity index (χ3n) is 3.29. The van der Waals surface area contributed by atoms with E-state index < -0.39 is 0 Å². The summed E-state index contributed by atoms with van der Waals surface area (Å²) in [5.74, 6) is -0.682. The molecule has 0 aliphatic carbocycles. The van der Waals surface area contributed by atoms with E-state index >= 15 is 0 Å². The van der Waals surface area contributed by atoms with Crippen molar-refractivity contribution in [1.29, 1.82) is 0 Å². The number of hydrogen-bond acceptors (Lipinski definition) is 5. The molecule has 0 bridgehead atoms. The number of carbonyl (C=O) groups excluding carboxylic acids is 1. The number of fused-ring (bicyclic) bond motifs is 1. The van der Waals surface area contributed by atoms with Crippen molar-refractivity contribution >= 4 is 16.9 Å². The van der Waals surface area contributed by atoms with Crippen molar-refractivity contribution in [2.45, 2.75) is 26.1 Å². The van der Waals surface area contributed by atoms with E-state index in [1.54, 1.807) is 10.9 Å². The van der Waals surface area contributed by atoms with Crippen molar-refractivity contribution in [2.75, 3.05) is 0 Å². The van der Waals surface area contributed by atoms with Gasteiger partial charge in [0, 0.05) is 17.6 Å². The minimum absolute atomic E-state index is 0.0535. The highest BCUT2D eigenvalue weighted by molar-refractivity contribution is 5.93. The molecule has 3 aromatic rings. The topological polar surface area (TPSA) is 99.0 Å². The van der Waals surface area contributed by atoms with E-state index in [1.165, 1.54) is 24.4 Å². The Bertz CT molecular complexity index is 839. The van der Waals surface area contributed by atoms with E-state index in [0.717, 1.165) is 0 Å². The van der Waals surface area contributed by atoms with E-state index in [9.17, 15) is 9.18 Å². The first-order valence-corrected chi connectivity index (χ1v) is 7.13. The minimum Gasteiger partial charge on any atom is -0.356 e. The molecule has 1 aromatic carbocycles. The highest BCUT2D eigenvalue weighted by atomic mass is 19.1. The number of carbonyl (C=O) groups is 1. The summed E-state index contributed by atoms with van der Waals surface area (Å²) in [6.07, 6.45) is 3.09. The van der Waals surface area contributed by atoms with E-state index in [4.69, 9.17) is 10.3 Å². The second kappa shape index (κ2) is 6.17. The Morgan fingerprint density at radius 3 is 3.13 bits per heavy atom. The van der Waals surface area contributed by atoms with Crippen LogP contribution in [0.15, 0.2) is 35.1 Å². The fourth-order valence-corrected chi connectivity index (χ4v) is 2.23. The van der Waals surface area contributed by atoms with Gasteiger partial charge >= 0.3 is 0 Å². The minimum atomic E-state index is -0.384. The molecule has 0 fully saturated rings. The first-order chi connectivity index (χ1) is 11.0. The lowest BCUT2D eigenvalue weighted by Crippen LogP contribution is -2.23. The molecular formula is C15H16FN5O2. The van der Waals surface area contributed by atoms with Gasteiger partial charge < -0.3 is 15.6 Å². The summed E-state index contributed by atoms with van der Waals surface area (Å²) < 4.78 is 20.0. The summed E-state index contributed by atoms with van der Waals surface area (Å²) in [6, 6.07) is 4.07. The van der Waals surface area contributed by atoms with Gasteiger partial charge in [-0.05, 0) is 25.1 Å². The number of benzene rings is 1. The van der Waals surface area contributed by atoms with Crippen molar-refractivity contribution in [3.05, 3.63) is 47.7 Å². The van der Waals surface area contributed by atoms with Crippen LogP contribution < -0.4 is 11.1 Å². The predicted molar refractivity (Wildman–Crippen MR) is 81.0 cm³/mol. The lowest BCUT2D eigenvalue weighted by atomic mass is 10.2. The van der Waals surface area contributed by atoms with Crippen LogP contribution in [0.25, 0.3) is 11.0 Å². The van der Waals surface area contributed by atoms with Crippen LogP contribution in [0.2, 0.25) is 0 Å². The van der Waals surface area contributed by atoms with Gasteiger partial charge in [0.25, 0.3) is 5.91 Å². The lowest BCUT2D eigenvalue weighted by molar-refractivity contribution is 0.0950. The summed E-state index contributed by atoms with van der Waals surface area (Å²) in [4.78, 5) is 12.1. The van der Waals surface area contributed by atoms with Gasteiger partial charge in [-0.15, -0.1) is 0 Å². The number of halogens is 1. The van der Waals surface area contributed by atoms with Crippen LogP contribution in [-0.4, -0.2) is 26.9 Å². The number of aromatic nitrogens is 3. The third kappa shape index (κ3) is 3.37. The Morgan fingerprint density at radius 1 is 1.52 bits per heavy atom. The lowest BCUT2D eigenvalue weighted by Gasteiger charge is -2.04. The van der Waals surface area contributed by atoms with Gasteiger partial charge in [-0.2, -0.15) is 5.10 Å². The maximum absolute atomic E-state index is 13.3. The summed E-state index contributed by atoms with van der Waals surface area (Å²) >= 11 is 0. The Hall–Kier alpha value is -2.74. The first kappa shape index (κ1) is 15.2. The quantitative estimate of drug-likeness (QED) is 0.742. The van der Waals surface area contributed by atoms with Crippen molar-refractivity contribution in [3.63, 3.8) is 0 Å². The molecule has 0 aliphatic heterocycles. The highest BCUT2D eigenvalue weighted by Gasteiger charge is 2.13. The van der Waals surface area contributed by atoms with Crippen molar-refractivity contribution in [3.8, 4) is 0 Å². The standard InChI is InChI=1S/C15H16FN5O2/c1-9(17)7-21-8-10(5-19-21)15(22)18-6-13-12-4-11(16)2-3-14(12)23-20-13/h2-5,8-9H,6-7,17H2,1H3,(H,18,22). The first-order valence-electron chi connectivity index (χ1n) is 7.13. The summed E-state index contributed by atoms with van der Waals surface area (Å²) in [7, 11) is 0. The predicted octanol–water partition coefficient (Wildman–Crippen LogP) is 1.44. The van der Waals surface area contributed by atoms with E-state index in [0.29, 0.717) is 28.8 Å². The molecule has 0 saturated carbocycles. The van der Waals surface area contributed by atoms with Crippen molar-refractivity contribution < 1.29 is 13.7 Å². The molecular weight excluding hydrogens is 301 g/mol. The zero-order chi connectivity index (χ0) is 16.4. The number of nitrogens with two attached hydrogens (primary N) is 1. The number of nitrogens with zero attached hydrogens (tertiary/aromatic N) is 3. The molecule has 23 heavy (non-hydrogen) atoms. The molecule has 0 radical (unpaired) electrons. The molecule has 3 rings (SSSR count). The Labute approximate surface area is 131 Å². The van der Waals surface area contributed by atoms with Gasteiger partial charge in [0.15, 0.2) is 5.58 Å². The van der Waals surface area contributed by atoms with Crippen LogP contribution in [-0.2, 0) is 13.1 Å². The van der Waals surface area contributed by atoms with Gasteiger partial charge in [-0.25, -0.2) is 4.39 Å². The number of amides is 1. The zero-order valence-electron chi connectivity index (χ0n) is 12.5. The average Bonchev–Trinajstić information content (AvgIpc) is 3.11. The number of hydrogen-bond donors (Lipinski definition) is 2. The SMILES string of the molecule is CC(N)Cn1cc(C(=O)NCc2noc3ccc(F)cc23)cn1. The Kier molecular flexibility index (Phi) is 4.07. The summed E-state index contributed by atoms with van der Waals surface area (Å²) in [5, 5.41) is 11.2. The molecule has 0 aliphatic rings. The van der Waals surface area contributed by atoms with Crippen LogP contribution >= 0.6 is 0 Å². The van der Waals surface area contributed by atoms with Gasteiger partial charge in [0.2, 0.25) is 0 Å². The number of rotatable bonds is 5. The molecule has 120 valence electrons. The summed E-state index contributed by atoms with van der Waals surface area (Å²) in [6.45, 7) is 2.52. The summed E-state index contributed by atoms with van der Waals surface area (Å²) in [5.41, 5.74) is 7.05. The number of nitrogens with one attached hydrogen (secondary N) is 1. The van der Waals surface area contributed by atoms with Crippen LogP contribution in [0.5, 0.6) is 0 Å². The van der Waals surface area contributed by atoms with Crippen LogP contribution in [0.4, 0.5) is 4.39 Å². The van der Waals surface area contributed by atoms with Crippen LogP contribution in [0.1, 0.15) is 23.0 Å². The van der Waals surface area contributed by atoms with Gasteiger partial charge in [0.1, 0.15) is 11.5 Å². The van der Waals surface area contributed by atoms with E-state index in [2.05, 4.69) is 15.6 Å². The van der Waals surface area contributed by atoms with Gasteiger partial charge in [0.05, 0.1) is 24.8 Å². The second-order valence-electron chi connectivity index (χ2n) is 5.38. The van der Waals surface area contributed by atoms with Crippen molar-refractivity contribution in [1.82, 2.24) is 20.3 Å². The second-order valence-corrected chi connectivity index (χ2v) is 5.38. The van der Waals surface area contributed by atoms with E-state index in [1.807, 2.05) is 6.92 Å². The molecule has 1 amide bonds. The molecule has 1 atom stereocenters. The Balaban J connectivity index is 1.68. The molecule has 0 saturated heterocycles. The fraction of sp³-hybridized carbons (Fsp3) is 0.267. The maximum atomic E-state index is 13.3. The molecule has 8 heteroatoms. The Morgan fingerprint density at radius 2 is 2.35 bits per heavy atom. The smallest absolute Gasteiger partial charge is 0.254 e. The van der Waals surface area contributed by atoms with Crippen LogP contribution in [0.3, 0.4) is 0 Å². The third-order valence-corrected chi connectivity index (χ3v) is 3.29. The molecule has 7 nitrogen and oxygen atoms in total. The zero-order valence-corrected chi connectivity index (χ0v) is 12.5. The van der Waals surface area contributed by atoms with Crippen LogP contribution in [0, 0.1) is 5.82 Å². The van der Waals surface area contributed by atoms with Gasteiger partial charge in [-0.1, -0.05) is 5.16 Å². The molecule has 2 aromatic heterocycles. The van der Waals surface area contributed by atoms with Gasteiger partial charge in [-0.3, -0.25) is 9.48 Å². The van der Waals surface area contributed by atoms with E-state index in [-0.39, 0.29) is 24.3 Å². The van der Waals surface area contributed by atoms with Crippen molar-refractivity contribution in [2.24, 2.45) is 5.73 Å². The maximum Gasteiger partial charge on any atom is 0.254 e. The largest absolute Gasteiger partial charge is 0.356 e. The average molecular weight is 317 g/mol. The molecule has 3 N–H and O–H groups in total. The molecule has 2 heterocycles. The molecule has 1 unspecified atom stereocenters. The fourth-order valence-electron chi connectivity index (χ4n) is 2.23.